The predicted molar refractivity (Wildman–Crippen MR) is 105 cm³/mol. The van der Waals surface area contributed by atoms with Crippen molar-refractivity contribution in [3.05, 3.63) is 17.4 Å². The number of aromatic nitrogens is 2. The fourth-order valence-corrected chi connectivity index (χ4v) is 3.71. The lowest BCUT2D eigenvalue weighted by Gasteiger charge is -2.38. The number of carboxylic acid groups (broad SMARTS) is 1. The average molecular weight is 380 g/mol. The second-order valence-electron chi connectivity index (χ2n) is 7.29. The minimum Gasteiger partial charge on any atom is -0.465 e. The molecule has 3 heterocycles. The molecule has 26 heavy (non-hydrogen) atoms. The maximum absolute atomic E-state index is 11.3. The molecule has 1 amide bonds. The highest BCUT2D eigenvalue weighted by molar-refractivity contribution is 6.35. The number of fused-ring (bicyclic) bond motifs is 1. The number of hydrogen-bond donors (Lipinski definition) is 3. The number of likely N-dealkylation sites (N-methyl/N-ethyl adjacent to an activating group) is 1. The van der Waals surface area contributed by atoms with E-state index in [9.17, 15) is 9.90 Å². The first-order valence-electron chi connectivity index (χ1n) is 8.98. The molecule has 2 aromatic rings. The smallest absolute Gasteiger partial charge is 0.407 e. The lowest BCUT2D eigenvalue weighted by Crippen LogP contribution is -2.48. The van der Waals surface area contributed by atoms with Gasteiger partial charge in [0.2, 0.25) is 0 Å². The van der Waals surface area contributed by atoms with E-state index in [1.807, 2.05) is 6.20 Å². The lowest BCUT2D eigenvalue weighted by molar-refractivity contribution is 0.133. The van der Waals surface area contributed by atoms with Crippen LogP contribution in [0, 0.1) is 5.92 Å². The van der Waals surface area contributed by atoms with Gasteiger partial charge < -0.3 is 25.2 Å². The number of anilines is 2. The second-order valence-corrected chi connectivity index (χ2v) is 7.70. The Hall–Kier alpha value is -2.15. The zero-order valence-corrected chi connectivity index (χ0v) is 16.2. The van der Waals surface area contributed by atoms with E-state index in [-0.39, 0.29) is 6.04 Å². The number of nitrogens with zero attached hydrogens (tertiary/aromatic N) is 3. The molecule has 1 saturated heterocycles. The normalized spacial score (nSPS) is 17.7. The molecule has 2 aromatic heterocycles. The third kappa shape index (κ3) is 3.67. The van der Waals surface area contributed by atoms with Gasteiger partial charge in [0.1, 0.15) is 5.65 Å². The third-order valence-corrected chi connectivity index (χ3v) is 5.17. The molecule has 0 saturated carbocycles. The van der Waals surface area contributed by atoms with Gasteiger partial charge in [-0.2, -0.15) is 0 Å². The Morgan fingerprint density at radius 2 is 2.35 bits per heavy atom. The first-order chi connectivity index (χ1) is 12.4. The van der Waals surface area contributed by atoms with E-state index in [4.69, 9.17) is 11.6 Å². The molecule has 0 bridgehead atoms. The summed E-state index contributed by atoms with van der Waals surface area (Å²) in [6, 6.07) is -0.0495. The van der Waals surface area contributed by atoms with Crippen molar-refractivity contribution in [3.63, 3.8) is 0 Å². The Bertz CT molecular complexity index is 791. The maximum Gasteiger partial charge on any atom is 0.407 e. The minimum absolute atomic E-state index is 0.0495. The van der Waals surface area contributed by atoms with E-state index in [1.165, 1.54) is 4.90 Å². The fraction of sp³-hybridized carbons (Fsp3) is 0.556. The Morgan fingerprint density at radius 1 is 1.58 bits per heavy atom. The average Bonchev–Trinajstić information content (AvgIpc) is 3.02. The van der Waals surface area contributed by atoms with Gasteiger partial charge in [0.15, 0.2) is 0 Å². The summed E-state index contributed by atoms with van der Waals surface area (Å²) in [7, 11) is 1.63. The lowest BCUT2D eigenvalue weighted by atomic mass is 10.0. The molecule has 3 rings (SSSR count). The third-order valence-electron chi connectivity index (χ3n) is 4.89. The van der Waals surface area contributed by atoms with Gasteiger partial charge in [0.05, 0.1) is 34.0 Å². The first kappa shape index (κ1) is 18.6. The minimum atomic E-state index is -0.899. The Morgan fingerprint density at radius 3 is 3.04 bits per heavy atom. The Labute approximate surface area is 158 Å². The van der Waals surface area contributed by atoms with Crippen molar-refractivity contribution in [1.29, 1.82) is 0 Å². The molecular formula is C18H26ClN5O2. The number of amides is 1. The van der Waals surface area contributed by atoms with E-state index in [2.05, 4.69) is 34.0 Å². The van der Waals surface area contributed by atoms with Crippen molar-refractivity contribution in [2.24, 2.45) is 5.92 Å². The number of hydrogen-bond acceptors (Lipinski definition) is 4. The molecular weight excluding hydrogens is 354 g/mol. The molecule has 1 atom stereocenters. The van der Waals surface area contributed by atoms with Gasteiger partial charge in [-0.25, -0.2) is 9.78 Å². The number of halogens is 1. The van der Waals surface area contributed by atoms with Crippen LogP contribution in [0.15, 0.2) is 12.4 Å². The quantitative estimate of drug-likeness (QED) is 0.734. The van der Waals surface area contributed by atoms with Crippen molar-refractivity contribution in [2.75, 3.05) is 36.9 Å². The highest BCUT2D eigenvalue weighted by Crippen LogP contribution is 2.39. The Kier molecular flexibility index (Phi) is 5.46. The highest BCUT2D eigenvalue weighted by Gasteiger charge is 2.29. The van der Waals surface area contributed by atoms with E-state index < -0.39 is 6.09 Å². The predicted octanol–water partition coefficient (Wildman–Crippen LogP) is 3.86. The number of aromatic amines is 1. The van der Waals surface area contributed by atoms with Crippen LogP contribution < -0.4 is 10.2 Å². The van der Waals surface area contributed by atoms with Crippen LogP contribution >= 0.6 is 11.6 Å². The molecule has 1 unspecified atom stereocenters. The molecule has 3 N–H and O–H groups in total. The zero-order chi connectivity index (χ0) is 18.8. The van der Waals surface area contributed by atoms with Crippen LogP contribution in [0.1, 0.15) is 26.7 Å². The van der Waals surface area contributed by atoms with Crippen LogP contribution in [0.2, 0.25) is 5.02 Å². The summed E-state index contributed by atoms with van der Waals surface area (Å²) in [6.07, 6.45) is 4.46. The summed E-state index contributed by atoms with van der Waals surface area (Å²) in [5, 5.41) is 14.3. The van der Waals surface area contributed by atoms with E-state index >= 15 is 0 Å². The molecule has 8 heteroatoms. The number of nitrogens with one attached hydrogen (secondary N) is 2. The van der Waals surface area contributed by atoms with Gasteiger partial charge in [-0.15, -0.1) is 0 Å². The summed E-state index contributed by atoms with van der Waals surface area (Å²) < 4.78 is 0. The van der Waals surface area contributed by atoms with E-state index in [0.29, 0.717) is 17.5 Å². The number of rotatable bonds is 5. The van der Waals surface area contributed by atoms with Gasteiger partial charge in [0.25, 0.3) is 0 Å². The molecule has 0 aromatic carbocycles. The van der Waals surface area contributed by atoms with Crippen LogP contribution in [0.5, 0.6) is 0 Å². The first-order valence-corrected chi connectivity index (χ1v) is 9.36. The molecule has 7 nitrogen and oxygen atoms in total. The summed E-state index contributed by atoms with van der Waals surface area (Å²) in [5.41, 5.74) is 2.68. The van der Waals surface area contributed by atoms with Crippen LogP contribution in [-0.4, -0.2) is 58.8 Å². The van der Waals surface area contributed by atoms with E-state index in [1.54, 1.807) is 13.2 Å². The van der Waals surface area contributed by atoms with Crippen LogP contribution in [-0.2, 0) is 0 Å². The van der Waals surface area contributed by atoms with Crippen LogP contribution in [0.25, 0.3) is 11.0 Å². The molecule has 1 aliphatic rings. The van der Waals surface area contributed by atoms with Crippen molar-refractivity contribution in [3.8, 4) is 0 Å². The maximum atomic E-state index is 11.3. The fourth-order valence-electron chi connectivity index (χ4n) is 3.45. The zero-order valence-electron chi connectivity index (χ0n) is 15.4. The summed E-state index contributed by atoms with van der Waals surface area (Å²) in [5.74, 6) is 0.513. The number of H-pyrrole nitrogens is 1. The molecule has 0 radical (unpaired) electrons. The number of pyridine rings is 1. The van der Waals surface area contributed by atoms with E-state index in [0.717, 1.165) is 48.3 Å². The molecule has 1 fully saturated rings. The molecule has 142 valence electrons. The van der Waals surface area contributed by atoms with Crippen LogP contribution in [0.4, 0.5) is 16.2 Å². The Balaban J connectivity index is 1.96. The highest BCUT2D eigenvalue weighted by atomic mass is 35.5. The summed E-state index contributed by atoms with van der Waals surface area (Å²) >= 11 is 6.54. The largest absolute Gasteiger partial charge is 0.465 e. The van der Waals surface area contributed by atoms with Crippen molar-refractivity contribution in [1.82, 2.24) is 14.9 Å². The van der Waals surface area contributed by atoms with Crippen molar-refractivity contribution in [2.45, 2.75) is 32.7 Å². The second kappa shape index (κ2) is 7.61. The monoisotopic (exact) mass is 379 g/mol. The van der Waals surface area contributed by atoms with Crippen molar-refractivity contribution >= 4 is 40.1 Å². The number of piperidine rings is 1. The van der Waals surface area contributed by atoms with Gasteiger partial charge in [-0.3, -0.25) is 0 Å². The topological polar surface area (TPSA) is 84.5 Å². The van der Waals surface area contributed by atoms with Crippen LogP contribution in [0.3, 0.4) is 0 Å². The SMILES string of the molecule is CC(C)CNc1c[nH]c2ncc(Cl)c(N3CCCC(N(C)C(=O)O)C3)c12. The molecule has 0 aliphatic carbocycles. The summed E-state index contributed by atoms with van der Waals surface area (Å²) in [4.78, 5) is 22.5. The van der Waals surface area contributed by atoms with Crippen molar-refractivity contribution < 1.29 is 9.90 Å². The van der Waals surface area contributed by atoms with Gasteiger partial charge >= 0.3 is 6.09 Å². The summed E-state index contributed by atoms with van der Waals surface area (Å²) in [6.45, 7) is 6.63. The molecule has 0 spiro atoms. The molecule has 1 aliphatic heterocycles. The standard InChI is InChI=1S/C18H26ClN5O2/c1-11(2)7-20-14-9-22-17-15(14)16(13(19)8-21-17)24-6-4-5-12(10-24)23(3)18(25)26/h8-9,11-12,20H,4-7,10H2,1-3H3,(H,21,22)(H,25,26). The van der Waals surface area contributed by atoms with Gasteiger partial charge in [0, 0.05) is 32.9 Å². The van der Waals surface area contributed by atoms with Gasteiger partial charge in [-0.05, 0) is 18.8 Å². The van der Waals surface area contributed by atoms with Gasteiger partial charge in [-0.1, -0.05) is 25.4 Å². The number of carbonyl (C=O) groups is 1.